The Hall–Kier alpha value is -2.16. The highest BCUT2D eigenvalue weighted by atomic mass is 16.5. The minimum atomic E-state index is -0.123. The second-order valence-electron chi connectivity index (χ2n) is 3.65. The highest BCUT2D eigenvalue weighted by Crippen LogP contribution is 2.15. The number of aromatic nitrogens is 4. The summed E-state index contributed by atoms with van der Waals surface area (Å²) in [5, 5.41) is 16.5. The quantitative estimate of drug-likeness (QED) is 0.770. The maximum absolute atomic E-state index is 8.67. The molecule has 0 aliphatic rings. The number of hydrogen-bond acceptors (Lipinski definition) is 5. The summed E-state index contributed by atoms with van der Waals surface area (Å²) in [5.74, 6) is 0.864. The molecule has 2 aromatic rings. The van der Waals surface area contributed by atoms with Crippen molar-refractivity contribution in [1.29, 1.82) is 5.26 Å². The van der Waals surface area contributed by atoms with Crippen LogP contribution >= 0.6 is 0 Å². The Kier molecular flexibility index (Phi) is 2.68. The first-order valence-electron chi connectivity index (χ1n) is 4.90. The van der Waals surface area contributed by atoms with E-state index < -0.39 is 0 Å². The molecule has 0 radical (unpaired) electrons. The van der Waals surface area contributed by atoms with Gasteiger partial charge >= 0.3 is 0 Å². The molecule has 0 aliphatic heterocycles. The average Bonchev–Trinajstić information content (AvgIpc) is 2.87. The zero-order chi connectivity index (χ0) is 11.5. The van der Waals surface area contributed by atoms with E-state index in [9.17, 15) is 0 Å². The third-order valence-corrected chi connectivity index (χ3v) is 2.13. The van der Waals surface area contributed by atoms with E-state index >= 15 is 0 Å². The lowest BCUT2D eigenvalue weighted by atomic mass is 10.1. The highest BCUT2D eigenvalue weighted by molar-refractivity contribution is 5.50. The van der Waals surface area contributed by atoms with E-state index in [0.717, 1.165) is 5.56 Å². The molecule has 2 rings (SSSR count). The molecular formula is C10H11N5O. The molecule has 0 N–H and O–H groups in total. The topological polar surface area (TPSA) is 80.5 Å². The summed E-state index contributed by atoms with van der Waals surface area (Å²) < 4.78 is 6.72. The van der Waals surface area contributed by atoms with E-state index in [-0.39, 0.29) is 5.92 Å². The van der Waals surface area contributed by atoms with Gasteiger partial charge < -0.3 is 4.52 Å². The molecule has 2 aromatic heterocycles. The van der Waals surface area contributed by atoms with Crippen LogP contribution in [0.4, 0.5) is 0 Å². The Morgan fingerprint density at radius 2 is 2.44 bits per heavy atom. The first kappa shape index (κ1) is 10.4. The Balaban J connectivity index is 2.17. The molecule has 0 aromatic carbocycles. The maximum Gasteiger partial charge on any atom is 0.228 e. The summed E-state index contributed by atoms with van der Waals surface area (Å²) in [5.41, 5.74) is 0.808. The molecule has 0 spiro atoms. The van der Waals surface area contributed by atoms with Crippen molar-refractivity contribution >= 4 is 0 Å². The monoisotopic (exact) mass is 217 g/mol. The van der Waals surface area contributed by atoms with Gasteiger partial charge in [0, 0.05) is 19.7 Å². The van der Waals surface area contributed by atoms with Gasteiger partial charge in [-0.25, -0.2) is 0 Å². The fraction of sp³-hybridized carbons (Fsp3) is 0.400. The van der Waals surface area contributed by atoms with Crippen LogP contribution in [0.3, 0.4) is 0 Å². The fourth-order valence-corrected chi connectivity index (χ4v) is 1.30. The van der Waals surface area contributed by atoms with Crippen molar-refractivity contribution in [3.63, 3.8) is 0 Å². The molecule has 1 unspecified atom stereocenters. The van der Waals surface area contributed by atoms with Crippen molar-refractivity contribution < 1.29 is 4.52 Å². The number of nitrogens with zero attached hydrogens (tertiary/aromatic N) is 5. The molecule has 0 saturated heterocycles. The fourth-order valence-electron chi connectivity index (χ4n) is 1.30. The van der Waals surface area contributed by atoms with Gasteiger partial charge in [-0.05, 0) is 6.92 Å². The van der Waals surface area contributed by atoms with E-state index in [2.05, 4.69) is 21.3 Å². The summed E-state index contributed by atoms with van der Waals surface area (Å²) in [6, 6.07) is 2.12. The van der Waals surface area contributed by atoms with Gasteiger partial charge in [-0.15, -0.1) is 0 Å². The van der Waals surface area contributed by atoms with Crippen molar-refractivity contribution in [2.24, 2.45) is 13.0 Å². The summed E-state index contributed by atoms with van der Waals surface area (Å²) in [6.45, 7) is 1.81. The van der Waals surface area contributed by atoms with Crippen LogP contribution in [0.5, 0.6) is 0 Å². The zero-order valence-corrected chi connectivity index (χ0v) is 9.08. The number of hydrogen-bond donors (Lipinski definition) is 0. The van der Waals surface area contributed by atoms with Crippen LogP contribution in [0.1, 0.15) is 12.8 Å². The summed E-state index contributed by atoms with van der Waals surface area (Å²) in [7, 11) is 1.82. The van der Waals surface area contributed by atoms with E-state index in [0.29, 0.717) is 18.1 Å². The van der Waals surface area contributed by atoms with Crippen LogP contribution in [-0.4, -0.2) is 19.9 Å². The lowest BCUT2D eigenvalue weighted by Crippen LogP contribution is -1.96. The van der Waals surface area contributed by atoms with Crippen LogP contribution in [-0.2, 0) is 13.5 Å². The molecule has 0 fully saturated rings. The molecule has 1 atom stereocenters. The maximum atomic E-state index is 8.67. The Bertz CT molecular complexity index is 521. The number of nitriles is 1. The average molecular weight is 217 g/mol. The zero-order valence-electron chi connectivity index (χ0n) is 9.08. The summed E-state index contributed by atoms with van der Waals surface area (Å²) in [4.78, 5) is 4.20. The lowest BCUT2D eigenvalue weighted by molar-refractivity contribution is 0.369. The molecule has 6 heteroatoms. The van der Waals surface area contributed by atoms with Gasteiger partial charge in [-0.1, -0.05) is 5.16 Å². The molecular weight excluding hydrogens is 206 g/mol. The smallest absolute Gasteiger partial charge is 0.228 e. The molecule has 0 saturated carbocycles. The van der Waals surface area contributed by atoms with Gasteiger partial charge in [0.05, 0.1) is 23.7 Å². The second-order valence-corrected chi connectivity index (χ2v) is 3.65. The van der Waals surface area contributed by atoms with Gasteiger partial charge in [0.1, 0.15) is 0 Å². The first-order chi connectivity index (χ1) is 7.69. The molecule has 0 bridgehead atoms. The van der Waals surface area contributed by atoms with Gasteiger partial charge in [0.15, 0.2) is 0 Å². The third kappa shape index (κ3) is 2.08. The highest BCUT2D eigenvalue weighted by Gasteiger charge is 2.12. The van der Waals surface area contributed by atoms with Crippen molar-refractivity contribution in [2.75, 3.05) is 0 Å². The van der Waals surface area contributed by atoms with Gasteiger partial charge in [0.25, 0.3) is 0 Å². The van der Waals surface area contributed by atoms with E-state index in [4.69, 9.17) is 9.78 Å². The normalized spacial score (nSPS) is 12.3. The van der Waals surface area contributed by atoms with Crippen LogP contribution in [0.2, 0.25) is 0 Å². The first-order valence-corrected chi connectivity index (χ1v) is 4.90. The Labute approximate surface area is 92.5 Å². The Morgan fingerprint density at radius 1 is 1.62 bits per heavy atom. The second kappa shape index (κ2) is 4.14. The van der Waals surface area contributed by atoms with Crippen molar-refractivity contribution in [1.82, 2.24) is 19.9 Å². The molecule has 2 heterocycles. The minimum Gasteiger partial charge on any atom is -0.339 e. The Morgan fingerprint density at radius 3 is 3.06 bits per heavy atom. The van der Waals surface area contributed by atoms with Gasteiger partial charge in [-0.3, -0.25) is 4.68 Å². The van der Waals surface area contributed by atoms with E-state index in [1.165, 1.54) is 0 Å². The predicted molar refractivity (Wildman–Crippen MR) is 55.0 cm³/mol. The van der Waals surface area contributed by atoms with Gasteiger partial charge in [-0.2, -0.15) is 15.3 Å². The third-order valence-electron chi connectivity index (χ3n) is 2.13. The van der Waals surface area contributed by atoms with Crippen molar-refractivity contribution in [2.45, 2.75) is 13.3 Å². The van der Waals surface area contributed by atoms with Gasteiger partial charge in [0.2, 0.25) is 11.7 Å². The van der Waals surface area contributed by atoms with E-state index in [1.54, 1.807) is 10.9 Å². The summed E-state index contributed by atoms with van der Waals surface area (Å²) >= 11 is 0. The molecule has 6 nitrogen and oxygen atoms in total. The standard InChI is InChI=1S/C10H11N5O/c1-7(4-11)3-9-13-10(14-16-9)8-5-12-15(2)6-8/h5-7H,3H2,1-2H3. The molecule has 0 amide bonds. The van der Waals surface area contributed by atoms with E-state index in [1.807, 2.05) is 20.2 Å². The van der Waals surface area contributed by atoms with Crippen LogP contribution < -0.4 is 0 Å². The number of aryl methyl sites for hydroxylation is 1. The molecule has 0 aliphatic carbocycles. The van der Waals surface area contributed by atoms with Crippen LogP contribution in [0.15, 0.2) is 16.9 Å². The minimum absolute atomic E-state index is 0.123. The molecule has 82 valence electrons. The van der Waals surface area contributed by atoms with Crippen LogP contribution in [0, 0.1) is 17.2 Å². The van der Waals surface area contributed by atoms with Crippen LogP contribution in [0.25, 0.3) is 11.4 Å². The van der Waals surface area contributed by atoms with Crippen molar-refractivity contribution in [3.05, 3.63) is 18.3 Å². The summed E-state index contributed by atoms with van der Waals surface area (Å²) in [6.07, 6.45) is 3.95. The lowest BCUT2D eigenvalue weighted by Gasteiger charge is -1.93. The number of rotatable bonds is 3. The predicted octanol–water partition coefficient (Wildman–Crippen LogP) is 1.17. The SMILES string of the molecule is CC(C#N)Cc1nc(-c2cnn(C)c2)no1. The van der Waals surface area contributed by atoms with Crippen molar-refractivity contribution in [3.8, 4) is 17.5 Å². The largest absolute Gasteiger partial charge is 0.339 e. The molecule has 16 heavy (non-hydrogen) atoms.